The molecule has 0 unspecified atom stereocenters. The number of aliphatic imine (C=N–C) groups is 1. The maximum Gasteiger partial charge on any atom is 0.275 e. The Bertz CT molecular complexity index is 518. The second kappa shape index (κ2) is 4.72. The third-order valence-corrected chi connectivity index (χ3v) is 2.80. The Kier molecular flexibility index (Phi) is 3.29. The summed E-state index contributed by atoms with van der Waals surface area (Å²) in [7, 11) is 0. The molecule has 1 aliphatic rings. The van der Waals surface area contributed by atoms with Crippen LogP contribution in [0, 0.1) is 5.92 Å². The van der Waals surface area contributed by atoms with Gasteiger partial charge in [0, 0.05) is 10.9 Å². The molecule has 4 heteroatoms. The Morgan fingerprint density at radius 1 is 1.35 bits per heavy atom. The first-order valence-electron chi connectivity index (χ1n) is 5.44. The van der Waals surface area contributed by atoms with Crippen LogP contribution in [0.15, 0.2) is 35.0 Å². The Morgan fingerprint density at radius 2 is 2.06 bits per heavy atom. The highest BCUT2D eigenvalue weighted by Crippen LogP contribution is 2.20. The first kappa shape index (κ1) is 11.9. The van der Waals surface area contributed by atoms with Gasteiger partial charge in [0.15, 0.2) is 0 Å². The zero-order chi connectivity index (χ0) is 12.4. The summed E-state index contributed by atoms with van der Waals surface area (Å²) in [6.07, 6.45) is 1.70. The van der Waals surface area contributed by atoms with Gasteiger partial charge in [0.1, 0.15) is 11.5 Å². The van der Waals surface area contributed by atoms with Crippen molar-refractivity contribution in [2.75, 3.05) is 0 Å². The van der Waals surface area contributed by atoms with Crippen LogP contribution in [0.5, 0.6) is 0 Å². The van der Waals surface area contributed by atoms with Crippen LogP contribution in [0.4, 0.5) is 0 Å². The number of benzene rings is 1. The van der Waals surface area contributed by atoms with E-state index in [1.165, 1.54) is 0 Å². The van der Waals surface area contributed by atoms with E-state index in [2.05, 4.69) is 10.3 Å². The van der Waals surface area contributed by atoms with Gasteiger partial charge in [-0.3, -0.25) is 4.79 Å². The van der Waals surface area contributed by atoms with Gasteiger partial charge in [-0.15, -0.1) is 0 Å². The first-order chi connectivity index (χ1) is 8.08. The highest BCUT2D eigenvalue weighted by Gasteiger charge is 2.21. The number of nitrogens with one attached hydrogen (secondary N) is 1. The molecule has 0 bridgehead atoms. The summed E-state index contributed by atoms with van der Waals surface area (Å²) in [6, 6.07) is 7.36. The molecule has 0 saturated heterocycles. The maximum atomic E-state index is 11.7. The maximum absolute atomic E-state index is 11.7. The summed E-state index contributed by atoms with van der Waals surface area (Å²) >= 11 is 6.02. The molecule has 2 rings (SSSR count). The fraction of sp³-hybridized carbons (Fsp3) is 0.231. The molecule has 1 heterocycles. The minimum absolute atomic E-state index is 0.173. The number of halogens is 1. The van der Waals surface area contributed by atoms with Crippen LogP contribution in [0.3, 0.4) is 0 Å². The lowest BCUT2D eigenvalue weighted by Gasteiger charge is -2.01. The molecule has 0 spiro atoms. The summed E-state index contributed by atoms with van der Waals surface area (Å²) in [5.74, 6) is 0.734. The van der Waals surface area contributed by atoms with Crippen LogP contribution in [0.2, 0.25) is 5.02 Å². The van der Waals surface area contributed by atoms with Crippen LogP contribution >= 0.6 is 11.6 Å². The minimum atomic E-state index is -0.173. The van der Waals surface area contributed by atoms with Crippen molar-refractivity contribution in [3.63, 3.8) is 0 Å². The number of carbonyl (C=O) groups excluding carboxylic acids is 1. The lowest BCUT2D eigenvalue weighted by atomic mass is 10.2. The van der Waals surface area contributed by atoms with Gasteiger partial charge in [-0.25, -0.2) is 4.99 Å². The SMILES string of the molecule is CC(C)C1=N/C(=C\c2ccccc2Cl)C(=O)N1. The third-order valence-electron chi connectivity index (χ3n) is 2.46. The molecule has 0 saturated carbocycles. The van der Waals surface area contributed by atoms with E-state index in [0.717, 1.165) is 5.56 Å². The largest absolute Gasteiger partial charge is 0.308 e. The predicted molar refractivity (Wildman–Crippen MR) is 69.8 cm³/mol. The van der Waals surface area contributed by atoms with E-state index >= 15 is 0 Å². The summed E-state index contributed by atoms with van der Waals surface area (Å²) in [6.45, 7) is 3.97. The average molecular weight is 249 g/mol. The number of amidine groups is 1. The molecule has 0 radical (unpaired) electrons. The smallest absolute Gasteiger partial charge is 0.275 e. The third kappa shape index (κ3) is 2.56. The molecule has 0 fully saturated rings. The Hall–Kier alpha value is -1.61. The van der Waals surface area contributed by atoms with E-state index in [4.69, 9.17) is 11.6 Å². The van der Waals surface area contributed by atoms with Gasteiger partial charge in [0.05, 0.1) is 0 Å². The molecule has 17 heavy (non-hydrogen) atoms. The zero-order valence-corrected chi connectivity index (χ0v) is 10.5. The van der Waals surface area contributed by atoms with Crippen LogP contribution in [-0.2, 0) is 4.79 Å². The minimum Gasteiger partial charge on any atom is -0.308 e. The Balaban J connectivity index is 2.35. The lowest BCUT2D eigenvalue weighted by molar-refractivity contribution is -0.115. The van der Waals surface area contributed by atoms with Crippen molar-refractivity contribution in [1.29, 1.82) is 0 Å². The molecule has 88 valence electrons. The van der Waals surface area contributed by atoms with Crippen molar-refractivity contribution in [3.8, 4) is 0 Å². The molecule has 0 aromatic heterocycles. The second-order valence-corrected chi connectivity index (χ2v) is 4.56. The fourth-order valence-electron chi connectivity index (χ4n) is 1.50. The van der Waals surface area contributed by atoms with Crippen molar-refractivity contribution >= 4 is 29.4 Å². The molecule has 3 nitrogen and oxygen atoms in total. The normalized spacial score (nSPS) is 17.5. The number of nitrogens with zero attached hydrogens (tertiary/aromatic N) is 1. The number of amides is 1. The van der Waals surface area contributed by atoms with E-state index in [-0.39, 0.29) is 11.8 Å². The molecule has 0 atom stereocenters. The predicted octanol–water partition coefficient (Wildman–Crippen LogP) is 2.87. The van der Waals surface area contributed by atoms with E-state index in [1.54, 1.807) is 12.1 Å². The van der Waals surface area contributed by atoms with E-state index in [1.807, 2.05) is 32.0 Å². The van der Waals surface area contributed by atoms with Gasteiger partial charge in [0.25, 0.3) is 5.91 Å². The lowest BCUT2D eigenvalue weighted by Crippen LogP contribution is -2.27. The standard InChI is InChI=1S/C13H13ClN2O/c1-8(2)12-15-11(13(17)16-12)7-9-5-3-4-6-10(9)14/h3-8H,1-2H3,(H,15,16,17)/b11-7-. The molecular weight excluding hydrogens is 236 g/mol. The molecule has 0 aliphatic carbocycles. The van der Waals surface area contributed by atoms with E-state index in [9.17, 15) is 4.79 Å². The van der Waals surface area contributed by atoms with Gasteiger partial charge in [0.2, 0.25) is 0 Å². The molecule has 1 aromatic carbocycles. The summed E-state index contributed by atoms with van der Waals surface area (Å²) in [4.78, 5) is 15.9. The quantitative estimate of drug-likeness (QED) is 0.804. The summed E-state index contributed by atoms with van der Waals surface area (Å²) in [5, 5.41) is 3.35. The Labute approximate surface area is 105 Å². The second-order valence-electron chi connectivity index (χ2n) is 4.16. The average Bonchev–Trinajstić information content (AvgIpc) is 2.64. The van der Waals surface area contributed by atoms with Gasteiger partial charge in [-0.2, -0.15) is 0 Å². The van der Waals surface area contributed by atoms with Crippen molar-refractivity contribution in [2.45, 2.75) is 13.8 Å². The molecule has 1 amide bonds. The van der Waals surface area contributed by atoms with Crippen molar-refractivity contribution < 1.29 is 4.79 Å². The number of hydrogen-bond donors (Lipinski definition) is 1. The first-order valence-corrected chi connectivity index (χ1v) is 5.82. The van der Waals surface area contributed by atoms with Crippen molar-refractivity contribution in [1.82, 2.24) is 5.32 Å². The van der Waals surface area contributed by atoms with Gasteiger partial charge >= 0.3 is 0 Å². The van der Waals surface area contributed by atoms with E-state index in [0.29, 0.717) is 16.6 Å². The van der Waals surface area contributed by atoms with Gasteiger partial charge in [-0.05, 0) is 17.7 Å². The zero-order valence-electron chi connectivity index (χ0n) is 9.70. The van der Waals surface area contributed by atoms with Crippen LogP contribution in [0.25, 0.3) is 6.08 Å². The summed E-state index contributed by atoms with van der Waals surface area (Å²) < 4.78 is 0. The number of carbonyl (C=O) groups is 1. The van der Waals surface area contributed by atoms with Crippen LogP contribution < -0.4 is 5.32 Å². The number of rotatable bonds is 2. The highest BCUT2D eigenvalue weighted by molar-refractivity contribution is 6.32. The highest BCUT2D eigenvalue weighted by atomic mass is 35.5. The topological polar surface area (TPSA) is 41.5 Å². The molecule has 1 aliphatic heterocycles. The number of hydrogen-bond acceptors (Lipinski definition) is 2. The van der Waals surface area contributed by atoms with E-state index < -0.39 is 0 Å². The van der Waals surface area contributed by atoms with Crippen molar-refractivity contribution in [2.24, 2.45) is 10.9 Å². The summed E-state index contributed by atoms with van der Waals surface area (Å²) in [5.41, 5.74) is 1.20. The monoisotopic (exact) mass is 248 g/mol. The van der Waals surface area contributed by atoms with Gasteiger partial charge in [-0.1, -0.05) is 43.6 Å². The van der Waals surface area contributed by atoms with Crippen LogP contribution in [-0.4, -0.2) is 11.7 Å². The fourth-order valence-corrected chi connectivity index (χ4v) is 1.69. The molecule has 1 aromatic rings. The van der Waals surface area contributed by atoms with Gasteiger partial charge < -0.3 is 5.32 Å². The van der Waals surface area contributed by atoms with Crippen LogP contribution in [0.1, 0.15) is 19.4 Å². The van der Waals surface area contributed by atoms with Crippen molar-refractivity contribution in [3.05, 3.63) is 40.5 Å². The molecule has 1 N–H and O–H groups in total. The Morgan fingerprint density at radius 3 is 2.65 bits per heavy atom. The molecular formula is C13H13ClN2O.